The van der Waals surface area contributed by atoms with E-state index in [0.29, 0.717) is 12.1 Å². The number of nitrogens with zero attached hydrogens (tertiary/aromatic N) is 2. The summed E-state index contributed by atoms with van der Waals surface area (Å²) in [6.07, 6.45) is 1.69. The first-order valence-corrected chi connectivity index (χ1v) is 8.30. The molecule has 1 N–H and O–H groups in total. The minimum absolute atomic E-state index is 0.317. The van der Waals surface area contributed by atoms with E-state index in [0.717, 1.165) is 22.2 Å². The molecule has 25 heavy (non-hydrogen) atoms. The van der Waals surface area contributed by atoms with Crippen LogP contribution in [0.1, 0.15) is 34.9 Å². The predicted molar refractivity (Wildman–Crippen MR) is 101 cm³/mol. The fourth-order valence-electron chi connectivity index (χ4n) is 3.13. The summed E-state index contributed by atoms with van der Waals surface area (Å²) < 4.78 is 2.01. The van der Waals surface area contributed by atoms with Crippen LogP contribution in [0.5, 0.6) is 0 Å². The maximum atomic E-state index is 11.1. The van der Waals surface area contributed by atoms with E-state index in [2.05, 4.69) is 32.0 Å². The number of aryl methyl sites for hydroxylation is 3. The first kappa shape index (κ1) is 17.0. The van der Waals surface area contributed by atoms with Crippen molar-refractivity contribution in [1.82, 2.24) is 9.78 Å². The zero-order valence-electron chi connectivity index (χ0n) is 15.0. The van der Waals surface area contributed by atoms with Gasteiger partial charge >= 0.3 is 5.97 Å². The Morgan fingerprint density at radius 3 is 2.48 bits per heavy atom. The van der Waals surface area contributed by atoms with Crippen LogP contribution in [0.25, 0.3) is 17.0 Å². The summed E-state index contributed by atoms with van der Waals surface area (Å²) in [5.41, 5.74) is 6.96. The summed E-state index contributed by atoms with van der Waals surface area (Å²) in [5.74, 6) is -0.902. The Bertz CT molecular complexity index is 976. The smallest absolute Gasteiger partial charge is 0.331 e. The van der Waals surface area contributed by atoms with E-state index in [1.165, 1.54) is 16.7 Å². The Labute approximate surface area is 147 Å². The van der Waals surface area contributed by atoms with Crippen molar-refractivity contribution in [3.8, 4) is 0 Å². The van der Waals surface area contributed by atoms with Crippen molar-refractivity contribution in [2.45, 2.75) is 34.2 Å². The van der Waals surface area contributed by atoms with Gasteiger partial charge in [0.2, 0.25) is 0 Å². The predicted octanol–water partition coefficient (Wildman–Crippen LogP) is 4.50. The van der Waals surface area contributed by atoms with Gasteiger partial charge in [-0.2, -0.15) is 5.10 Å². The molecule has 1 heterocycles. The summed E-state index contributed by atoms with van der Waals surface area (Å²) >= 11 is 0. The summed E-state index contributed by atoms with van der Waals surface area (Å²) in [6.45, 7) is 8.54. The highest BCUT2D eigenvalue weighted by Crippen LogP contribution is 2.23. The third-order valence-electron chi connectivity index (χ3n) is 4.63. The summed E-state index contributed by atoms with van der Waals surface area (Å²) in [6, 6.07) is 12.3. The molecular formula is C21H22N2O2. The molecule has 0 saturated heterocycles. The van der Waals surface area contributed by atoms with Gasteiger partial charge in [-0.1, -0.05) is 30.3 Å². The normalized spacial score (nSPS) is 11.9. The molecule has 3 aromatic rings. The summed E-state index contributed by atoms with van der Waals surface area (Å²) in [4.78, 5) is 11.1. The van der Waals surface area contributed by atoms with Gasteiger partial charge in [-0.05, 0) is 62.1 Å². The lowest BCUT2D eigenvalue weighted by atomic mass is 10.0. The van der Waals surface area contributed by atoms with Gasteiger partial charge in [-0.25, -0.2) is 4.79 Å². The molecule has 0 fully saturated rings. The second-order valence-electron chi connectivity index (χ2n) is 6.52. The van der Waals surface area contributed by atoms with E-state index in [9.17, 15) is 4.79 Å². The van der Waals surface area contributed by atoms with Gasteiger partial charge in [0.15, 0.2) is 0 Å². The number of carbonyl (C=O) groups is 1. The Hall–Kier alpha value is -2.88. The van der Waals surface area contributed by atoms with E-state index in [1.54, 1.807) is 13.0 Å². The molecule has 0 spiro atoms. The molecule has 0 amide bonds. The van der Waals surface area contributed by atoms with Crippen LogP contribution in [-0.2, 0) is 11.3 Å². The van der Waals surface area contributed by atoms with Crippen molar-refractivity contribution < 1.29 is 9.90 Å². The molecule has 4 heteroatoms. The Morgan fingerprint density at radius 2 is 1.84 bits per heavy atom. The van der Waals surface area contributed by atoms with Gasteiger partial charge in [0.05, 0.1) is 17.8 Å². The standard InChI is InChI=1S/C21H22N2O2/c1-13-6-5-7-14(2)19(13)12-23-20-11-17(10-15(3)21(24)25)8-9-18(20)16(4)22-23/h5-11H,12H2,1-4H3,(H,24,25). The monoisotopic (exact) mass is 334 g/mol. The highest BCUT2D eigenvalue weighted by Gasteiger charge is 2.11. The van der Waals surface area contributed by atoms with Gasteiger partial charge < -0.3 is 5.11 Å². The van der Waals surface area contributed by atoms with Crippen LogP contribution in [0.4, 0.5) is 0 Å². The largest absolute Gasteiger partial charge is 0.478 e. The molecule has 128 valence electrons. The number of rotatable bonds is 4. The van der Waals surface area contributed by atoms with Gasteiger partial charge in [0, 0.05) is 11.0 Å². The summed E-state index contributed by atoms with van der Waals surface area (Å²) in [7, 11) is 0. The number of carboxylic acids is 1. The molecule has 0 radical (unpaired) electrons. The molecule has 0 saturated carbocycles. The van der Waals surface area contributed by atoms with E-state index >= 15 is 0 Å². The summed E-state index contributed by atoms with van der Waals surface area (Å²) in [5, 5.41) is 14.9. The van der Waals surface area contributed by atoms with Crippen LogP contribution in [-0.4, -0.2) is 20.9 Å². The number of aliphatic carboxylic acids is 1. The average molecular weight is 334 g/mol. The lowest BCUT2D eigenvalue weighted by molar-refractivity contribution is -0.132. The number of hydrogen-bond donors (Lipinski definition) is 1. The van der Waals surface area contributed by atoms with Crippen LogP contribution in [0.3, 0.4) is 0 Å². The zero-order valence-corrected chi connectivity index (χ0v) is 15.0. The number of carboxylic acid groups (broad SMARTS) is 1. The number of hydrogen-bond acceptors (Lipinski definition) is 2. The van der Waals surface area contributed by atoms with Gasteiger partial charge in [-0.15, -0.1) is 0 Å². The second kappa shape index (κ2) is 6.55. The molecule has 1 aromatic heterocycles. The maximum Gasteiger partial charge on any atom is 0.331 e. The first-order valence-electron chi connectivity index (χ1n) is 8.30. The molecular weight excluding hydrogens is 312 g/mol. The van der Waals surface area contributed by atoms with Crippen molar-refractivity contribution in [2.75, 3.05) is 0 Å². The van der Waals surface area contributed by atoms with Crippen molar-refractivity contribution >= 4 is 22.9 Å². The SMILES string of the molecule is CC(=Cc1ccc2c(C)nn(Cc3c(C)cccc3C)c2c1)C(=O)O. The van der Waals surface area contributed by atoms with E-state index in [4.69, 9.17) is 10.2 Å². The average Bonchev–Trinajstić information content (AvgIpc) is 2.86. The number of benzene rings is 2. The fraction of sp³-hybridized carbons (Fsp3) is 0.238. The van der Waals surface area contributed by atoms with Crippen molar-refractivity contribution in [1.29, 1.82) is 0 Å². The Balaban J connectivity index is 2.09. The van der Waals surface area contributed by atoms with Crippen molar-refractivity contribution in [3.63, 3.8) is 0 Å². The van der Waals surface area contributed by atoms with E-state index in [1.807, 2.05) is 29.8 Å². The zero-order chi connectivity index (χ0) is 18.1. The minimum Gasteiger partial charge on any atom is -0.478 e. The molecule has 0 aliphatic heterocycles. The van der Waals surface area contributed by atoms with E-state index in [-0.39, 0.29) is 0 Å². The topological polar surface area (TPSA) is 55.1 Å². The van der Waals surface area contributed by atoms with Crippen molar-refractivity contribution in [2.24, 2.45) is 0 Å². The molecule has 2 aromatic carbocycles. The highest BCUT2D eigenvalue weighted by atomic mass is 16.4. The Morgan fingerprint density at radius 1 is 1.16 bits per heavy atom. The van der Waals surface area contributed by atoms with Crippen LogP contribution in [0.2, 0.25) is 0 Å². The number of aromatic nitrogens is 2. The van der Waals surface area contributed by atoms with Gasteiger partial charge in [0.25, 0.3) is 0 Å². The fourth-order valence-corrected chi connectivity index (χ4v) is 3.13. The van der Waals surface area contributed by atoms with Gasteiger partial charge in [-0.3, -0.25) is 4.68 Å². The molecule has 0 bridgehead atoms. The maximum absolute atomic E-state index is 11.1. The van der Waals surface area contributed by atoms with E-state index < -0.39 is 5.97 Å². The van der Waals surface area contributed by atoms with Crippen LogP contribution in [0, 0.1) is 20.8 Å². The quantitative estimate of drug-likeness (QED) is 0.715. The van der Waals surface area contributed by atoms with Gasteiger partial charge in [0.1, 0.15) is 0 Å². The molecule has 0 aliphatic carbocycles. The van der Waals surface area contributed by atoms with Crippen LogP contribution >= 0.6 is 0 Å². The molecule has 0 atom stereocenters. The molecule has 3 rings (SSSR count). The lowest BCUT2D eigenvalue weighted by Crippen LogP contribution is -2.05. The highest BCUT2D eigenvalue weighted by molar-refractivity contribution is 5.92. The first-order chi connectivity index (χ1) is 11.9. The number of fused-ring (bicyclic) bond motifs is 1. The Kier molecular flexibility index (Phi) is 4.45. The van der Waals surface area contributed by atoms with Crippen LogP contribution in [0.15, 0.2) is 42.0 Å². The molecule has 0 aliphatic rings. The third kappa shape index (κ3) is 3.33. The third-order valence-corrected chi connectivity index (χ3v) is 4.63. The minimum atomic E-state index is -0.902. The van der Waals surface area contributed by atoms with Crippen LogP contribution < -0.4 is 0 Å². The molecule has 0 unspecified atom stereocenters. The molecule has 4 nitrogen and oxygen atoms in total. The lowest BCUT2D eigenvalue weighted by Gasteiger charge is -2.11. The second-order valence-corrected chi connectivity index (χ2v) is 6.52. The van der Waals surface area contributed by atoms with Crippen molar-refractivity contribution in [3.05, 3.63) is 69.9 Å².